The molecule has 1 heterocycles. The molecule has 1 saturated heterocycles. The second kappa shape index (κ2) is 7.17. The fourth-order valence-corrected chi connectivity index (χ4v) is 3.22. The Kier molecular flexibility index (Phi) is 5.46. The first-order valence-corrected chi connectivity index (χ1v) is 8.11. The molecule has 0 bridgehead atoms. The maximum atomic E-state index is 12.7. The number of likely N-dealkylation sites (tertiary alicyclic amines) is 1. The van der Waals surface area contributed by atoms with E-state index in [1.807, 2.05) is 18.7 Å². The highest BCUT2D eigenvalue weighted by atomic mass is 35.5. The van der Waals surface area contributed by atoms with Crippen LogP contribution in [0.15, 0.2) is 18.2 Å². The summed E-state index contributed by atoms with van der Waals surface area (Å²) in [6.45, 7) is 5.76. The Morgan fingerprint density at radius 1 is 1.39 bits per heavy atom. The molecule has 0 aromatic heterocycles. The minimum Gasteiger partial charge on any atom is -0.479 e. The lowest BCUT2D eigenvalue weighted by Crippen LogP contribution is -2.51. The van der Waals surface area contributed by atoms with Gasteiger partial charge in [0.05, 0.1) is 9.95 Å². The smallest absolute Gasteiger partial charge is 0.271 e. The zero-order chi connectivity index (χ0) is 17.1. The number of benzene rings is 1. The van der Waals surface area contributed by atoms with Gasteiger partial charge in [-0.2, -0.15) is 0 Å². The number of non-ortho nitro benzene ring substituents is 1. The highest BCUT2D eigenvalue weighted by Crippen LogP contribution is 2.30. The predicted molar refractivity (Wildman–Crippen MR) is 87.8 cm³/mol. The number of ether oxygens (including phenoxy) is 1. The molecule has 7 heteroatoms. The molecule has 0 aliphatic carbocycles. The van der Waals surface area contributed by atoms with Crippen molar-refractivity contribution in [2.75, 3.05) is 0 Å². The summed E-state index contributed by atoms with van der Waals surface area (Å²) >= 11 is 6.01. The largest absolute Gasteiger partial charge is 0.479 e. The number of nitro groups is 1. The molecular formula is C16H21ClN2O4. The van der Waals surface area contributed by atoms with Gasteiger partial charge in [-0.1, -0.05) is 11.6 Å². The normalized spacial score (nSPS) is 22.5. The molecular weight excluding hydrogens is 320 g/mol. The second-order valence-electron chi connectivity index (χ2n) is 6.01. The van der Waals surface area contributed by atoms with Gasteiger partial charge in [0.1, 0.15) is 5.75 Å². The molecule has 0 unspecified atom stereocenters. The van der Waals surface area contributed by atoms with E-state index in [2.05, 4.69) is 0 Å². The molecule has 23 heavy (non-hydrogen) atoms. The van der Waals surface area contributed by atoms with Gasteiger partial charge >= 0.3 is 0 Å². The zero-order valence-electron chi connectivity index (χ0n) is 13.5. The molecule has 0 N–H and O–H groups in total. The van der Waals surface area contributed by atoms with Crippen LogP contribution in [-0.2, 0) is 4.79 Å². The van der Waals surface area contributed by atoms with Crippen molar-refractivity contribution in [2.24, 2.45) is 0 Å². The molecule has 0 radical (unpaired) electrons. The molecule has 1 amide bonds. The zero-order valence-corrected chi connectivity index (χ0v) is 14.2. The summed E-state index contributed by atoms with van der Waals surface area (Å²) in [6, 6.07) is 4.33. The third kappa shape index (κ3) is 3.93. The van der Waals surface area contributed by atoms with E-state index < -0.39 is 11.0 Å². The van der Waals surface area contributed by atoms with Crippen molar-refractivity contribution in [3.63, 3.8) is 0 Å². The number of nitrogens with zero attached hydrogens (tertiary/aromatic N) is 2. The Morgan fingerprint density at radius 2 is 2.00 bits per heavy atom. The number of halogens is 1. The molecule has 0 spiro atoms. The Balaban J connectivity index is 2.10. The van der Waals surface area contributed by atoms with E-state index in [4.69, 9.17) is 16.3 Å². The quantitative estimate of drug-likeness (QED) is 0.617. The van der Waals surface area contributed by atoms with Crippen LogP contribution < -0.4 is 4.74 Å². The second-order valence-corrected chi connectivity index (χ2v) is 6.41. The lowest BCUT2D eigenvalue weighted by Gasteiger charge is -2.40. The number of piperidine rings is 1. The number of amides is 1. The van der Waals surface area contributed by atoms with Gasteiger partial charge < -0.3 is 9.64 Å². The van der Waals surface area contributed by atoms with Gasteiger partial charge in [0.15, 0.2) is 6.10 Å². The minimum absolute atomic E-state index is 0.0841. The van der Waals surface area contributed by atoms with Gasteiger partial charge in [-0.3, -0.25) is 14.9 Å². The van der Waals surface area contributed by atoms with Crippen molar-refractivity contribution in [3.8, 4) is 5.75 Å². The number of carbonyl (C=O) groups excluding carboxylic acids is 1. The minimum atomic E-state index is -0.697. The predicted octanol–water partition coefficient (Wildman–Crippen LogP) is 3.81. The molecule has 1 aromatic carbocycles. The number of rotatable bonds is 4. The number of hydrogen-bond donors (Lipinski definition) is 0. The lowest BCUT2D eigenvalue weighted by molar-refractivity contribution is -0.384. The van der Waals surface area contributed by atoms with E-state index in [1.165, 1.54) is 18.2 Å². The van der Waals surface area contributed by atoms with Crippen molar-refractivity contribution in [2.45, 2.75) is 58.2 Å². The fourth-order valence-electron chi connectivity index (χ4n) is 3.01. The Labute approximate surface area is 140 Å². The number of hydrogen-bond acceptors (Lipinski definition) is 4. The monoisotopic (exact) mass is 340 g/mol. The van der Waals surface area contributed by atoms with Gasteiger partial charge in [-0.15, -0.1) is 0 Å². The average Bonchev–Trinajstić information content (AvgIpc) is 2.48. The third-order valence-electron chi connectivity index (χ3n) is 4.23. The molecule has 3 atom stereocenters. The molecule has 2 rings (SSSR count). The Morgan fingerprint density at radius 3 is 2.52 bits per heavy atom. The standard InChI is InChI=1S/C16H21ClN2O4/c1-10-5-4-6-11(2)18(10)16(20)12(3)23-15-8-7-13(19(21)22)9-14(15)17/h7-12H,4-6H2,1-3H3/t10-,11+,12-/m1/s1. The van der Waals surface area contributed by atoms with Crippen LogP contribution in [0.25, 0.3) is 0 Å². The summed E-state index contributed by atoms with van der Waals surface area (Å²) in [5.74, 6) is 0.189. The molecule has 1 aromatic rings. The van der Waals surface area contributed by atoms with Crippen LogP contribution in [0.1, 0.15) is 40.0 Å². The highest BCUT2D eigenvalue weighted by Gasteiger charge is 2.32. The van der Waals surface area contributed by atoms with Crippen molar-refractivity contribution in [1.29, 1.82) is 0 Å². The van der Waals surface area contributed by atoms with Crippen LogP contribution in [0, 0.1) is 10.1 Å². The SMILES string of the molecule is C[C@@H]1CCC[C@H](C)N1C(=O)[C@@H](C)Oc1ccc([N+](=O)[O-])cc1Cl. The molecule has 6 nitrogen and oxygen atoms in total. The van der Waals surface area contributed by atoms with E-state index in [0.717, 1.165) is 19.3 Å². The topological polar surface area (TPSA) is 72.7 Å². The molecule has 1 aliphatic rings. The van der Waals surface area contributed by atoms with Crippen LogP contribution in [0.2, 0.25) is 5.02 Å². The Bertz CT molecular complexity index is 598. The first-order valence-electron chi connectivity index (χ1n) is 7.74. The van der Waals surface area contributed by atoms with Crippen molar-refractivity contribution in [1.82, 2.24) is 4.90 Å². The van der Waals surface area contributed by atoms with Crippen molar-refractivity contribution >= 4 is 23.2 Å². The van der Waals surface area contributed by atoms with Crippen LogP contribution in [0.5, 0.6) is 5.75 Å². The molecule has 0 saturated carbocycles. The van der Waals surface area contributed by atoms with E-state index in [9.17, 15) is 14.9 Å². The van der Waals surface area contributed by atoms with Crippen LogP contribution >= 0.6 is 11.6 Å². The van der Waals surface area contributed by atoms with Crippen molar-refractivity contribution in [3.05, 3.63) is 33.3 Å². The summed E-state index contributed by atoms with van der Waals surface area (Å²) in [7, 11) is 0. The Hall–Kier alpha value is -1.82. The molecule has 1 aliphatic heterocycles. The summed E-state index contributed by atoms with van der Waals surface area (Å²) in [5, 5.41) is 10.8. The van der Waals surface area contributed by atoms with Gasteiger partial charge in [0.25, 0.3) is 11.6 Å². The lowest BCUT2D eigenvalue weighted by atomic mass is 9.97. The van der Waals surface area contributed by atoms with Crippen molar-refractivity contribution < 1.29 is 14.5 Å². The summed E-state index contributed by atoms with van der Waals surface area (Å²) < 4.78 is 5.65. The maximum Gasteiger partial charge on any atom is 0.271 e. The van der Waals surface area contributed by atoms with E-state index in [0.29, 0.717) is 0 Å². The summed E-state index contributed by atoms with van der Waals surface area (Å²) in [4.78, 5) is 24.7. The summed E-state index contributed by atoms with van der Waals surface area (Å²) in [5.41, 5.74) is -0.111. The maximum absolute atomic E-state index is 12.7. The van der Waals surface area contributed by atoms with Gasteiger partial charge in [-0.05, 0) is 46.1 Å². The average molecular weight is 341 g/mol. The van der Waals surface area contributed by atoms with Crippen LogP contribution in [0.3, 0.4) is 0 Å². The van der Waals surface area contributed by atoms with Gasteiger partial charge in [0, 0.05) is 24.2 Å². The van der Waals surface area contributed by atoms with Crippen LogP contribution in [-0.4, -0.2) is 33.9 Å². The molecule has 126 valence electrons. The van der Waals surface area contributed by atoms with Gasteiger partial charge in [-0.25, -0.2) is 0 Å². The first-order chi connectivity index (χ1) is 10.8. The third-order valence-corrected chi connectivity index (χ3v) is 4.52. The number of nitro benzene ring substituents is 1. The van der Waals surface area contributed by atoms with Gasteiger partial charge in [0.2, 0.25) is 0 Å². The fraction of sp³-hybridized carbons (Fsp3) is 0.562. The van der Waals surface area contributed by atoms with E-state index in [1.54, 1.807) is 6.92 Å². The highest BCUT2D eigenvalue weighted by molar-refractivity contribution is 6.32. The molecule has 1 fully saturated rings. The first kappa shape index (κ1) is 17.5. The van der Waals surface area contributed by atoms with E-state index >= 15 is 0 Å². The van der Waals surface area contributed by atoms with E-state index in [-0.39, 0.29) is 34.5 Å². The number of carbonyl (C=O) groups is 1. The summed E-state index contributed by atoms with van der Waals surface area (Å²) in [6.07, 6.45) is 2.40. The van der Waals surface area contributed by atoms with Crippen LogP contribution in [0.4, 0.5) is 5.69 Å².